The molecule has 3 heteroatoms. The van der Waals surface area contributed by atoms with Crippen LogP contribution in [-0.2, 0) is 0 Å². The molecule has 1 aromatic carbocycles. The van der Waals surface area contributed by atoms with Crippen LogP contribution in [-0.4, -0.2) is 29.3 Å². The van der Waals surface area contributed by atoms with Gasteiger partial charge in [0.05, 0.1) is 6.10 Å². The monoisotopic (exact) mass is 202 g/mol. The first-order valence-electron chi connectivity index (χ1n) is 5.31. The molecule has 1 aromatic heterocycles. The molecule has 0 unspecified atom stereocenters. The highest BCUT2D eigenvalue weighted by molar-refractivity contribution is 5.83. The van der Waals surface area contributed by atoms with Crippen molar-refractivity contribution in [3.63, 3.8) is 0 Å². The highest BCUT2D eigenvalue weighted by atomic mass is 16.3. The number of rotatable bonds is 1. The molecule has 1 aliphatic heterocycles. The maximum Gasteiger partial charge on any atom is 0.0745 e. The summed E-state index contributed by atoms with van der Waals surface area (Å²) in [7, 11) is 0. The summed E-state index contributed by atoms with van der Waals surface area (Å²) in [6.07, 6.45) is 1.76. The van der Waals surface area contributed by atoms with Crippen LogP contribution in [0.5, 0.6) is 0 Å². The number of benzene rings is 1. The van der Waals surface area contributed by atoms with Crippen LogP contribution in [0.15, 0.2) is 30.5 Å². The van der Waals surface area contributed by atoms with Crippen LogP contribution in [0.25, 0.3) is 10.9 Å². The van der Waals surface area contributed by atoms with E-state index in [0.29, 0.717) is 6.54 Å². The minimum atomic E-state index is -0.260. The number of fused-ring (bicyclic) bond motifs is 1. The van der Waals surface area contributed by atoms with Gasteiger partial charge in [-0.2, -0.15) is 0 Å². The zero-order valence-electron chi connectivity index (χ0n) is 8.40. The molecule has 1 aliphatic rings. The van der Waals surface area contributed by atoms with E-state index in [9.17, 15) is 5.11 Å². The van der Waals surface area contributed by atoms with Gasteiger partial charge in [-0.1, -0.05) is 18.2 Å². The Morgan fingerprint density at radius 1 is 1.20 bits per heavy atom. The van der Waals surface area contributed by atoms with Crippen LogP contribution in [0, 0.1) is 0 Å². The van der Waals surface area contributed by atoms with E-state index in [0.717, 1.165) is 12.1 Å². The summed E-state index contributed by atoms with van der Waals surface area (Å²) < 4.78 is 0. The second kappa shape index (κ2) is 3.36. The topological polar surface area (TPSA) is 48.0 Å². The van der Waals surface area contributed by atoms with Crippen LogP contribution in [0.3, 0.4) is 0 Å². The molecular weight excluding hydrogens is 188 g/mol. The Morgan fingerprint density at radius 3 is 2.87 bits per heavy atom. The summed E-state index contributed by atoms with van der Waals surface area (Å²) in [5, 5.41) is 14.3. The summed E-state index contributed by atoms with van der Waals surface area (Å²) in [6, 6.07) is 8.22. The molecule has 1 fully saturated rings. The number of para-hydroxylation sites is 1. The molecule has 0 saturated carbocycles. The van der Waals surface area contributed by atoms with Gasteiger partial charge in [0.25, 0.3) is 0 Å². The van der Waals surface area contributed by atoms with E-state index in [2.05, 4.69) is 22.4 Å². The molecule has 15 heavy (non-hydrogen) atoms. The van der Waals surface area contributed by atoms with Crippen LogP contribution in [0.4, 0.5) is 0 Å². The lowest BCUT2D eigenvalue weighted by atomic mass is 9.96. The summed E-state index contributed by atoms with van der Waals surface area (Å²) in [5.74, 6) is 0.223. The van der Waals surface area contributed by atoms with Gasteiger partial charge in [0, 0.05) is 36.1 Å². The highest BCUT2D eigenvalue weighted by Gasteiger charge is 2.28. The lowest BCUT2D eigenvalue weighted by Crippen LogP contribution is -2.15. The average molecular weight is 202 g/mol. The molecule has 3 N–H and O–H groups in total. The molecule has 78 valence electrons. The van der Waals surface area contributed by atoms with Gasteiger partial charge in [-0.3, -0.25) is 0 Å². The Labute approximate surface area is 88.1 Å². The molecular formula is C12H14N2O. The quantitative estimate of drug-likeness (QED) is 0.651. The Morgan fingerprint density at radius 2 is 2.07 bits per heavy atom. The molecule has 0 bridgehead atoms. The number of nitrogens with one attached hydrogen (secondary N) is 2. The molecule has 2 aromatic rings. The fourth-order valence-corrected chi connectivity index (χ4v) is 2.38. The Bertz CT molecular complexity index is 477. The zero-order valence-corrected chi connectivity index (χ0v) is 8.40. The lowest BCUT2D eigenvalue weighted by molar-refractivity contribution is 0.178. The van der Waals surface area contributed by atoms with Crippen molar-refractivity contribution >= 4 is 10.9 Å². The zero-order chi connectivity index (χ0) is 10.3. The first-order valence-corrected chi connectivity index (χ1v) is 5.31. The smallest absolute Gasteiger partial charge is 0.0745 e. The van der Waals surface area contributed by atoms with Gasteiger partial charge < -0.3 is 15.4 Å². The first kappa shape index (κ1) is 8.95. The summed E-state index contributed by atoms with van der Waals surface area (Å²) in [4.78, 5) is 3.25. The maximum atomic E-state index is 9.84. The number of aliphatic hydroxyl groups is 1. The van der Waals surface area contributed by atoms with Gasteiger partial charge in [0.1, 0.15) is 0 Å². The standard InChI is InChI=1S/C12H14N2O/c15-12-7-13-5-10(12)9-6-14-11-4-2-1-3-8(9)11/h1-4,6,10,12-15H,5,7H2/t10-,12+/m0/s1. The average Bonchev–Trinajstić information content (AvgIpc) is 2.83. The molecule has 0 spiro atoms. The Hall–Kier alpha value is -1.32. The van der Waals surface area contributed by atoms with Gasteiger partial charge >= 0.3 is 0 Å². The Balaban J connectivity index is 2.10. The van der Waals surface area contributed by atoms with Gasteiger partial charge in [-0.05, 0) is 11.6 Å². The maximum absolute atomic E-state index is 9.84. The van der Waals surface area contributed by atoms with E-state index in [4.69, 9.17) is 0 Å². The minimum Gasteiger partial charge on any atom is -0.391 e. The van der Waals surface area contributed by atoms with E-state index in [-0.39, 0.29) is 12.0 Å². The third-order valence-electron chi connectivity index (χ3n) is 3.20. The van der Waals surface area contributed by atoms with E-state index >= 15 is 0 Å². The van der Waals surface area contributed by atoms with Crippen LogP contribution >= 0.6 is 0 Å². The highest BCUT2D eigenvalue weighted by Crippen LogP contribution is 2.29. The molecule has 0 aliphatic carbocycles. The fraction of sp³-hybridized carbons (Fsp3) is 0.333. The van der Waals surface area contributed by atoms with Gasteiger partial charge in [0.15, 0.2) is 0 Å². The van der Waals surface area contributed by atoms with Crippen molar-refractivity contribution in [2.45, 2.75) is 12.0 Å². The van der Waals surface area contributed by atoms with E-state index in [1.165, 1.54) is 10.9 Å². The fourth-order valence-electron chi connectivity index (χ4n) is 2.38. The molecule has 0 amide bonds. The number of hydrogen-bond acceptors (Lipinski definition) is 2. The predicted octanol–water partition coefficient (Wildman–Crippen LogP) is 1.22. The molecule has 2 atom stereocenters. The second-order valence-electron chi connectivity index (χ2n) is 4.12. The molecule has 2 heterocycles. The third kappa shape index (κ3) is 1.35. The summed E-state index contributed by atoms with van der Waals surface area (Å²) in [6.45, 7) is 1.56. The van der Waals surface area contributed by atoms with E-state index in [1.54, 1.807) is 0 Å². The van der Waals surface area contributed by atoms with Crippen molar-refractivity contribution in [2.24, 2.45) is 0 Å². The summed E-state index contributed by atoms with van der Waals surface area (Å²) in [5.41, 5.74) is 2.37. The largest absolute Gasteiger partial charge is 0.391 e. The van der Waals surface area contributed by atoms with Gasteiger partial charge in [-0.25, -0.2) is 0 Å². The van der Waals surface area contributed by atoms with Crippen molar-refractivity contribution in [3.8, 4) is 0 Å². The van der Waals surface area contributed by atoms with Crippen molar-refractivity contribution in [1.82, 2.24) is 10.3 Å². The van der Waals surface area contributed by atoms with Crippen molar-refractivity contribution in [1.29, 1.82) is 0 Å². The SMILES string of the molecule is O[C@@H]1CNC[C@H]1c1c[nH]c2ccccc12. The number of β-amino-alcohol motifs (C(OH)–C–C–N with tert-alkyl or cyclic N) is 1. The lowest BCUT2D eigenvalue weighted by Gasteiger charge is -2.11. The predicted molar refractivity (Wildman–Crippen MR) is 59.9 cm³/mol. The normalized spacial score (nSPS) is 26.2. The molecule has 1 saturated heterocycles. The Kier molecular flexibility index (Phi) is 2.01. The van der Waals surface area contributed by atoms with Crippen LogP contribution in [0.2, 0.25) is 0 Å². The molecule has 3 rings (SSSR count). The number of H-pyrrole nitrogens is 1. The van der Waals surface area contributed by atoms with Crippen LogP contribution < -0.4 is 5.32 Å². The summed E-state index contributed by atoms with van der Waals surface area (Å²) >= 11 is 0. The molecule has 3 nitrogen and oxygen atoms in total. The van der Waals surface area contributed by atoms with Gasteiger partial charge in [-0.15, -0.1) is 0 Å². The van der Waals surface area contributed by atoms with Crippen molar-refractivity contribution in [3.05, 3.63) is 36.0 Å². The van der Waals surface area contributed by atoms with E-state index in [1.807, 2.05) is 18.3 Å². The third-order valence-corrected chi connectivity index (χ3v) is 3.20. The van der Waals surface area contributed by atoms with E-state index < -0.39 is 0 Å². The minimum absolute atomic E-state index is 0.223. The number of hydrogen-bond donors (Lipinski definition) is 3. The second-order valence-corrected chi connectivity index (χ2v) is 4.12. The first-order chi connectivity index (χ1) is 7.36. The molecule has 0 radical (unpaired) electrons. The van der Waals surface area contributed by atoms with Crippen LogP contribution in [0.1, 0.15) is 11.5 Å². The number of aromatic nitrogens is 1. The van der Waals surface area contributed by atoms with Gasteiger partial charge in [0.2, 0.25) is 0 Å². The van der Waals surface area contributed by atoms with Crippen molar-refractivity contribution < 1.29 is 5.11 Å². The number of aromatic amines is 1. The number of aliphatic hydroxyl groups excluding tert-OH is 1. The van der Waals surface area contributed by atoms with Crippen molar-refractivity contribution in [2.75, 3.05) is 13.1 Å².